The minimum absolute atomic E-state index is 0.0403. The fourth-order valence-electron chi connectivity index (χ4n) is 2.24. The van der Waals surface area contributed by atoms with Crippen LogP contribution in [0.4, 0.5) is 0 Å². The molecule has 0 saturated heterocycles. The molecule has 5 heteroatoms. The number of nitrogens with one attached hydrogen (secondary N) is 1. The second-order valence-corrected chi connectivity index (χ2v) is 5.16. The third kappa shape index (κ3) is 4.65. The van der Waals surface area contributed by atoms with Gasteiger partial charge in [0.15, 0.2) is 6.17 Å². The highest BCUT2D eigenvalue weighted by Gasteiger charge is 2.27. The van der Waals surface area contributed by atoms with Crippen molar-refractivity contribution in [1.82, 2.24) is 5.32 Å². The first-order chi connectivity index (χ1) is 9.63. The average molecular weight is 279 g/mol. The van der Waals surface area contributed by atoms with Gasteiger partial charge in [0.25, 0.3) is 0 Å². The predicted molar refractivity (Wildman–Crippen MR) is 83.5 cm³/mol. The van der Waals surface area contributed by atoms with Gasteiger partial charge in [0.05, 0.1) is 5.57 Å². The largest absolute Gasteiger partial charge is 0.299 e. The molecule has 0 aromatic rings. The van der Waals surface area contributed by atoms with Gasteiger partial charge < -0.3 is 0 Å². The third-order valence-electron chi connectivity index (χ3n) is 3.54. The molecule has 0 aliphatic carbocycles. The van der Waals surface area contributed by atoms with Crippen LogP contribution in [0.3, 0.4) is 0 Å². The van der Waals surface area contributed by atoms with E-state index in [1.165, 1.54) is 24.1 Å². The lowest BCUT2D eigenvalue weighted by Crippen LogP contribution is -2.93. The van der Waals surface area contributed by atoms with Crippen LogP contribution in [0.5, 0.6) is 0 Å². The Labute approximate surface area is 121 Å². The van der Waals surface area contributed by atoms with Crippen molar-refractivity contribution in [3.63, 3.8) is 0 Å². The van der Waals surface area contributed by atoms with Crippen LogP contribution in [0, 0.1) is 4.91 Å². The summed E-state index contributed by atoms with van der Waals surface area (Å²) in [6.45, 7) is 9.76. The first kappa shape index (κ1) is 16.7. The number of allylic oxidation sites excluding steroid dienone is 3. The maximum Gasteiger partial charge on any atom is 0.202 e. The highest BCUT2D eigenvalue weighted by Crippen LogP contribution is 2.13. The topological polar surface area (TPSA) is 70.4 Å². The lowest BCUT2D eigenvalue weighted by molar-refractivity contribution is -0.641. The van der Waals surface area contributed by atoms with Crippen molar-refractivity contribution >= 4 is 5.84 Å². The van der Waals surface area contributed by atoms with Gasteiger partial charge in [-0.05, 0) is 31.5 Å². The molecule has 1 aliphatic heterocycles. The van der Waals surface area contributed by atoms with Crippen LogP contribution in [0.15, 0.2) is 33.1 Å². The molecule has 0 saturated carbocycles. The standard InChI is InChI=1S/C15H26N4O/c1-5-7-8-9-17-14-13(15(19-20)16-6-2)10-11(3)12(4)18-14/h10,14,17-18H,5-9H2,1-4H3/p+1. The molecule has 0 fully saturated rings. The van der Waals surface area contributed by atoms with E-state index in [1.54, 1.807) is 0 Å². The lowest BCUT2D eigenvalue weighted by Gasteiger charge is -2.23. The lowest BCUT2D eigenvalue weighted by atomic mass is 10.0. The first-order valence-electron chi connectivity index (χ1n) is 7.49. The van der Waals surface area contributed by atoms with Gasteiger partial charge in [-0.1, -0.05) is 19.8 Å². The van der Waals surface area contributed by atoms with Crippen molar-refractivity contribution in [3.8, 4) is 0 Å². The normalized spacial score (nSPS) is 20.1. The predicted octanol–water partition coefficient (Wildman–Crippen LogP) is 2.07. The molecule has 1 rings (SSSR count). The fraction of sp³-hybridized carbons (Fsp3) is 0.667. The number of unbranched alkanes of at least 4 members (excludes halogenated alkanes) is 2. The van der Waals surface area contributed by atoms with Gasteiger partial charge in [-0.15, -0.1) is 4.91 Å². The van der Waals surface area contributed by atoms with Crippen molar-refractivity contribution in [2.45, 2.75) is 53.1 Å². The second-order valence-electron chi connectivity index (χ2n) is 5.16. The van der Waals surface area contributed by atoms with Gasteiger partial charge in [0, 0.05) is 25.6 Å². The van der Waals surface area contributed by atoms with Crippen molar-refractivity contribution < 1.29 is 5.32 Å². The van der Waals surface area contributed by atoms with Crippen LogP contribution in [0.1, 0.15) is 47.0 Å². The summed E-state index contributed by atoms with van der Waals surface area (Å²) in [5.41, 5.74) is 3.30. The third-order valence-corrected chi connectivity index (χ3v) is 3.54. The zero-order chi connectivity index (χ0) is 15.0. The summed E-state index contributed by atoms with van der Waals surface area (Å²) in [7, 11) is 0. The molecule has 1 atom stereocenters. The number of hydrogen-bond donors (Lipinski definition) is 2. The minimum atomic E-state index is 0.0403. The Kier molecular flexibility index (Phi) is 7.33. The number of aliphatic imine (C=N–C) groups is 1. The molecule has 5 nitrogen and oxygen atoms in total. The van der Waals surface area contributed by atoms with Crippen LogP contribution in [-0.2, 0) is 0 Å². The molecular weight excluding hydrogens is 252 g/mol. The highest BCUT2D eigenvalue weighted by molar-refractivity contribution is 6.00. The van der Waals surface area contributed by atoms with Gasteiger partial charge >= 0.3 is 0 Å². The van der Waals surface area contributed by atoms with E-state index in [-0.39, 0.29) is 6.17 Å². The molecule has 1 unspecified atom stereocenters. The zero-order valence-electron chi connectivity index (χ0n) is 13.1. The Morgan fingerprint density at radius 2 is 2.10 bits per heavy atom. The Bertz CT molecular complexity index is 424. The maximum absolute atomic E-state index is 11.0. The van der Waals surface area contributed by atoms with Gasteiger partial charge in [-0.3, -0.25) is 15.6 Å². The Morgan fingerprint density at radius 3 is 2.70 bits per heavy atom. The van der Waals surface area contributed by atoms with Crippen LogP contribution in [0.2, 0.25) is 0 Å². The van der Waals surface area contributed by atoms with E-state index in [4.69, 9.17) is 0 Å². The first-order valence-corrected chi connectivity index (χ1v) is 7.49. The highest BCUT2D eigenvalue weighted by atomic mass is 16.3. The molecule has 1 aliphatic rings. The van der Waals surface area contributed by atoms with E-state index < -0.39 is 0 Å². The number of nitrogens with two attached hydrogens (primary N) is 1. The molecule has 0 amide bonds. The van der Waals surface area contributed by atoms with E-state index in [1.807, 2.05) is 19.9 Å². The summed E-state index contributed by atoms with van der Waals surface area (Å²) < 4.78 is 0. The fourth-order valence-corrected chi connectivity index (χ4v) is 2.24. The van der Waals surface area contributed by atoms with Gasteiger partial charge in [0.2, 0.25) is 5.84 Å². The van der Waals surface area contributed by atoms with Crippen LogP contribution in [0.25, 0.3) is 0 Å². The van der Waals surface area contributed by atoms with Crippen molar-refractivity contribution in [3.05, 3.63) is 27.8 Å². The monoisotopic (exact) mass is 279 g/mol. The number of nitroso groups, excluding NO2 is 1. The summed E-state index contributed by atoms with van der Waals surface area (Å²) >= 11 is 0. The van der Waals surface area contributed by atoms with E-state index in [9.17, 15) is 4.91 Å². The summed E-state index contributed by atoms with van der Waals surface area (Å²) in [6.07, 6.45) is 5.63. The van der Waals surface area contributed by atoms with Crippen LogP contribution < -0.4 is 10.6 Å². The van der Waals surface area contributed by atoms with E-state index in [0.717, 1.165) is 18.5 Å². The molecule has 0 aromatic heterocycles. The van der Waals surface area contributed by atoms with Gasteiger partial charge in [0.1, 0.15) is 5.70 Å². The Hall–Kier alpha value is -1.33. The molecule has 0 radical (unpaired) electrons. The molecule has 20 heavy (non-hydrogen) atoms. The summed E-state index contributed by atoms with van der Waals surface area (Å²) in [6, 6.07) is 0. The molecule has 112 valence electrons. The quantitative estimate of drug-likeness (QED) is 0.324. The summed E-state index contributed by atoms with van der Waals surface area (Å²) in [5, 5.41) is 8.76. The smallest absolute Gasteiger partial charge is 0.202 e. The molecule has 1 heterocycles. The van der Waals surface area contributed by atoms with Gasteiger partial charge in [-0.25, -0.2) is 0 Å². The van der Waals surface area contributed by atoms with Crippen LogP contribution in [-0.4, -0.2) is 25.1 Å². The average Bonchev–Trinajstić information content (AvgIpc) is 2.44. The summed E-state index contributed by atoms with van der Waals surface area (Å²) in [5.74, 6) is 0.323. The molecule has 0 spiro atoms. The number of rotatable bonds is 7. The minimum Gasteiger partial charge on any atom is -0.299 e. The molecule has 0 aromatic carbocycles. The second kappa shape index (κ2) is 8.76. The Morgan fingerprint density at radius 1 is 1.35 bits per heavy atom. The molecular formula is C15H27N4O+. The Balaban J connectivity index is 2.84. The number of quaternary nitrogens is 1. The van der Waals surface area contributed by atoms with Crippen molar-refractivity contribution in [2.24, 2.45) is 10.2 Å². The maximum atomic E-state index is 11.0. The van der Waals surface area contributed by atoms with E-state index in [2.05, 4.69) is 34.7 Å². The van der Waals surface area contributed by atoms with Crippen molar-refractivity contribution in [2.75, 3.05) is 13.1 Å². The zero-order valence-corrected chi connectivity index (χ0v) is 13.1. The van der Waals surface area contributed by atoms with E-state index in [0.29, 0.717) is 12.4 Å². The molecule has 0 bridgehead atoms. The summed E-state index contributed by atoms with van der Waals surface area (Å²) in [4.78, 5) is 15.2. The SMILES string of the molecule is CCCCCNC1[NH2+]C(C)=C(C)C=C1C(N=O)=NCC. The number of amidine groups is 1. The number of hydrogen-bond acceptors (Lipinski definition) is 3. The number of nitrogens with zero attached hydrogens (tertiary/aromatic N) is 2. The van der Waals surface area contributed by atoms with Crippen molar-refractivity contribution in [1.29, 1.82) is 0 Å². The van der Waals surface area contributed by atoms with E-state index >= 15 is 0 Å². The van der Waals surface area contributed by atoms with Gasteiger partial charge in [-0.2, -0.15) is 0 Å². The molecule has 3 N–H and O–H groups in total. The van der Waals surface area contributed by atoms with Crippen LogP contribution >= 0.6 is 0 Å².